The van der Waals surface area contributed by atoms with Crippen molar-refractivity contribution in [1.82, 2.24) is 10.6 Å². The zero-order chi connectivity index (χ0) is 16.5. The molecule has 3 nitrogen and oxygen atoms in total. The van der Waals surface area contributed by atoms with E-state index in [1.165, 1.54) is 10.5 Å². The van der Waals surface area contributed by atoms with Gasteiger partial charge in [0.25, 0.3) is 5.91 Å². The molecule has 6 heteroatoms. The maximum Gasteiger partial charge on any atom is 0.251 e. The van der Waals surface area contributed by atoms with Gasteiger partial charge in [-0.1, -0.05) is 23.7 Å². The van der Waals surface area contributed by atoms with E-state index in [0.717, 1.165) is 23.7 Å². The van der Waals surface area contributed by atoms with Gasteiger partial charge in [-0.05, 0) is 62.0 Å². The molecule has 0 aliphatic carbocycles. The smallest absolute Gasteiger partial charge is 0.251 e. The van der Waals surface area contributed by atoms with E-state index in [2.05, 4.69) is 10.6 Å². The molecule has 0 atom stereocenters. The van der Waals surface area contributed by atoms with Crippen molar-refractivity contribution in [1.29, 1.82) is 0 Å². The Balaban J connectivity index is 0.00000288. The number of benzene rings is 2. The van der Waals surface area contributed by atoms with Gasteiger partial charge in [-0.2, -0.15) is 0 Å². The maximum absolute atomic E-state index is 12.0. The monoisotopic (exact) mass is 384 g/mol. The van der Waals surface area contributed by atoms with Crippen molar-refractivity contribution in [2.24, 2.45) is 0 Å². The Morgan fingerprint density at radius 2 is 1.71 bits per heavy atom. The number of halogens is 2. The summed E-state index contributed by atoms with van der Waals surface area (Å²) < 4.78 is 0. The molecule has 0 radical (unpaired) electrons. The average molecular weight is 385 g/mol. The van der Waals surface area contributed by atoms with E-state index in [1.807, 2.05) is 55.6 Å². The lowest BCUT2D eigenvalue weighted by atomic mass is 10.1. The van der Waals surface area contributed by atoms with Crippen molar-refractivity contribution < 1.29 is 4.79 Å². The van der Waals surface area contributed by atoms with Crippen molar-refractivity contribution in [2.75, 3.05) is 20.1 Å². The number of rotatable bonds is 8. The Hall–Kier alpha value is -1.20. The number of nitrogens with one attached hydrogen (secondary N) is 2. The van der Waals surface area contributed by atoms with Crippen LogP contribution in [0.25, 0.3) is 0 Å². The number of hydrogen-bond donors (Lipinski definition) is 2. The minimum absolute atomic E-state index is 0. The van der Waals surface area contributed by atoms with Crippen LogP contribution >= 0.6 is 35.8 Å². The molecule has 0 aromatic heterocycles. The van der Waals surface area contributed by atoms with Gasteiger partial charge in [0.2, 0.25) is 0 Å². The molecule has 0 fully saturated rings. The summed E-state index contributed by atoms with van der Waals surface area (Å²) >= 11 is 7.63. The van der Waals surface area contributed by atoms with Gasteiger partial charge < -0.3 is 10.6 Å². The Labute approximate surface area is 159 Å². The lowest BCUT2D eigenvalue weighted by Gasteiger charge is -2.06. The number of carbonyl (C=O) groups is 1. The third-order valence-electron chi connectivity index (χ3n) is 3.32. The molecule has 0 saturated carbocycles. The van der Waals surface area contributed by atoms with Crippen LogP contribution in [0, 0.1) is 0 Å². The minimum Gasteiger partial charge on any atom is -0.352 e. The van der Waals surface area contributed by atoms with Crippen LogP contribution < -0.4 is 10.6 Å². The fourth-order valence-corrected chi connectivity index (χ4v) is 3.00. The van der Waals surface area contributed by atoms with E-state index >= 15 is 0 Å². The largest absolute Gasteiger partial charge is 0.352 e. The number of carbonyl (C=O) groups excluding carboxylic acids is 1. The molecule has 130 valence electrons. The molecule has 2 aromatic carbocycles. The predicted octanol–water partition coefficient (Wildman–Crippen LogP) is 4.39. The first-order valence-electron chi connectivity index (χ1n) is 7.59. The highest BCUT2D eigenvalue weighted by Crippen LogP contribution is 2.24. The highest BCUT2D eigenvalue weighted by molar-refractivity contribution is 7.98. The zero-order valence-electron chi connectivity index (χ0n) is 13.5. The maximum atomic E-state index is 12.0. The number of amides is 1. The molecule has 24 heavy (non-hydrogen) atoms. The lowest BCUT2D eigenvalue weighted by Crippen LogP contribution is -2.26. The molecule has 0 spiro atoms. The molecular formula is C18H22Cl2N2OS. The Morgan fingerprint density at radius 3 is 2.33 bits per heavy atom. The van der Waals surface area contributed by atoms with E-state index in [4.69, 9.17) is 11.6 Å². The highest BCUT2D eigenvalue weighted by atomic mass is 35.5. The lowest BCUT2D eigenvalue weighted by molar-refractivity contribution is 0.0953. The summed E-state index contributed by atoms with van der Waals surface area (Å²) in [5, 5.41) is 6.73. The molecule has 0 heterocycles. The first-order valence-corrected chi connectivity index (χ1v) is 8.95. The predicted molar refractivity (Wildman–Crippen MR) is 106 cm³/mol. The summed E-state index contributed by atoms with van der Waals surface area (Å²) in [5.74, 6) is 0.851. The van der Waals surface area contributed by atoms with E-state index < -0.39 is 0 Å². The average Bonchev–Trinajstić information content (AvgIpc) is 2.58. The van der Waals surface area contributed by atoms with Crippen molar-refractivity contribution in [3.63, 3.8) is 0 Å². The molecule has 0 aliphatic rings. The summed E-state index contributed by atoms with van der Waals surface area (Å²) in [6.45, 7) is 1.59. The zero-order valence-corrected chi connectivity index (χ0v) is 15.9. The second kappa shape index (κ2) is 11.4. The van der Waals surface area contributed by atoms with Crippen LogP contribution in [-0.4, -0.2) is 26.0 Å². The standard InChI is InChI=1S/C18H21ClN2OS.ClH/c1-20-11-2-12-21-18(22)15-5-3-14(4-6-15)13-23-17-9-7-16(19)8-10-17;/h3-10,20H,2,11-13H2,1H3,(H,21,22);1H. The first-order chi connectivity index (χ1) is 11.2. The third-order valence-corrected chi connectivity index (χ3v) is 4.66. The molecule has 1 amide bonds. The van der Waals surface area contributed by atoms with Crippen LogP contribution in [0.4, 0.5) is 0 Å². The summed E-state index contributed by atoms with van der Waals surface area (Å²) in [6, 6.07) is 15.6. The van der Waals surface area contributed by atoms with Crippen molar-refractivity contribution >= 4 is 41.7 Å². The highest BCUT2D eigenvalue weighted by Gasteiger charge is 2.04. The van der Waals surface area contributed by atoms with Crippen LogP contribution in [0.5, 0.6) is 0 Å². The number of thioether (sulfide) groups is 1. The van der Waals surface area contributed by atoms with Crippen molar-refractivity contribution in [3.05, 3.63) is 64.7 Å². The van der Waals surface area contributed by atoms with Gasteiger partial charge in [-0.3, -0.25) is 4.79 Å². The van der Waals surface area contributed by atoms with Gasteiger partial charge in [0.15, 0.2) is 0 Å². The van der Waals surface area contributed by atoms with Gasteiger partial charge in [-0.15, -0.1) is 24.2 Å². The van der Waals surface area contributed by atoms with Crippen LogP contribution in [0.3, 0.4) is 0 Å². The van der Waals surface area contributed by atoms with Crippen LogP contribution in [-0.2, 0) is 5.75 Å². The molecule has 2 aromatic rings. The summed E-state index contributed by atoms with van der Waals surface area (Å²) in [4.78, 5) is 13.2. The minimum atomic E-state index is -0.0157. The Morgan fingerprint density at radius 1 is 1.04 bits per heavy atom. The van der Waals surface area contributed by atoms with Gasteiger partial charge in [0, 0.05) is 27.8 Å². The summed E-state index contributed by atoms with van der Waals surface area (Å²) in [7, 11) is 1.91. The molecule has 2 N–H and O–H groups in total. The third kappa shape index (κ3) is 7.14. The van der Waals surface area contributed by atoms with Gasteiger partial charge in [-0.25, -0.2) is 0 Å². The molecule has 0 unspecified atom stereocenters. The van der Waals surface area contributed by atoms with E-state index in [9.17, 15) is 4.79 Å². The molecule has 0 saturated heterocycles. The second-order valence-corrected chi connectivity index (χ2v) is 6.64. The summed E-state index contributed by atoms with van der Waals surface area (Å²) in [5.41, 5.74) is 1.89. The van der Waals surface area contributed by atoms with E-state index in [1.54, 1.807) is 11.8 Å². The fourth-order valence-electron chi connectivity index (χ4n) is 2.02. The van der Waals surface area contributed by atoms with Gasteiger partial charge >= 0.3 is 0 Å². The normalized spacial score (nSPS) is 10.1. The first kappa shape index (κ1) is 20.8. The van der Waals surface area contributed by atoms with Crippen LogP contribution in [0.15, 0.2) is 53.4 Å². The molecule has 0 bridgehead atoms. The SMILES string of the molecule is CNCCCNC(=O)c1ccc(CSc2ccc(Cl)cc2)cc1.Cl. The van der Waals surface area contributed by atoms with Crippen LogP contribution in [0.2, 0.25) is 5.02 Å². The quantitative estimate of drug-likeness (QED) is 0.523. The fraction of sp³-hybridized carbons (Fsp3) is 0.278. The van der Waals surface area contributed by atoms with Gasteiger partial charge in [0.05, 0.1) is 0 Å². The second-order valence-electron chi connectivity index (χ2n) is 5.15. The van der Waals surface area contributed by atoms with E-state index in [-0.39, 0.29) is 18.3 Å². The molecule has 0 aliphatic heterocycles. The molecular weight excluding hydrogens is 363 g/mol. The van der Waals surface area contributed by atoms with Crippen LogP contribution in [0.1, 0.15) is 22.3 Å². The van der Waals surface area contributed by atoms with E-state index in [0.29, 0.717) is 12.1 Å². The van der Waals surface area contributed by atoms with Gasteiger partial charge in [0.1, 0.15) is 0 Å². The Bertz CT molecular complexity index is 618. The Kier molecular flexibility index (Phi) is 9.88. The summed E-state index contributed by atoms with van der Waals surface area (Å²) in [6.07, 6.45) is 0.929. The van der Waals surface area contributed by atoms with Crippen molar-refractivity contribution in [2.45, 2.75) is 17.1 Å². The van der Waals surface area contributed by atoms with Crippen molar-refractivity contribution in [3.8, 4) is 0 Å². The molecule has 2 rings (SSSR count). The topological polar surface area (TPSA) is 41.1 Å². The number of hydrogen-bond acceptors (Lipinski definition) is 3.